The van der Waals surface area contributed by atoms with Gasteiger partial charge in [-0.15, -0.1) is 0 Å². The Kier molecular flexibility index (Phi) is 12.2. The van der Waals surface area contributed by atoms with E-state index in [1.807, 2.05) is 18.2 Å². The van der Waals surface area contributed by atoms with E-state index in [9.17, 15) is 0 Å². The van der Waals surface area contributed by atoms with E-state index in [2.05, 4.69) is 0 Å². The monoisotopic (exact) mass is 329 g/mol. The van der Waals surface area contributed by atoms with Crippen LogP contribution >= 0.6 is 0 Å². The van der Waals surface area contributed by atoms with Gasteiger partial charge < -0.3 is 34.5 Å². The van der Waals surface area contributed by atoms with Crippen LogP contribution in [-0.2, 0) is 18.9 Å². The van der Waals surface area contributed by atoms with Crippen LogP contribution in [0.15, 0.2) is 24.3 Å². The van der Waals surface area contributed by atoms with Crippen LogP contribution in [-0.4, -0.2) is 71.2 Å². The van der Waals surface area contributed by atoms with E-state index in [1.165, 1.54) is 0 Å². The normalized spacial score (nSPS) is 10.8. The fraction of sp³-hybridized carbons (Fsp3) is 0.625. The smallest absolute Gasteiger partial charge is 0.142 e. The molecule has 0 aliphatic carbocycles. The molecule has 1 aromatic carbocycles. The molecule has 0 aliphatic rings. The SMILES string of the molecule is Nc1ccccc1OCCOCCOCCOCCOCCO. The highest BCUT2D eigenvalue weighted by atomic mass is 16.6. The van der Waals surface area contributed by atoms with E-state index < -0.39 is 0 Å². The molecule has 0 unspecified atom stereocenters. The van der Waals surface area contributed by atoms with Crippen LogP contribution in [0, 0.1) is 0 Å². The fourth-order valence-electron chi connectivity index (χ4n) is 1.65. The summed E-state index contributed by atoms with van der Waals surface area (Å²) in [6.45, 7) is 4.34. The molecule has 0 aliphatic heterocycles. The summed E-state index contributed by atoms with van der Waals surface area (Å²) in [5.74, 6) is 0.674. The Balaban J connectivity index is 1.79. The molecular weight excluding hydrogens is 302 g/mol. The van der Waals surface area contributed by atoms with Crippen molar-refractivity contribution in [3.8, 4) is 5.75 Å². The highest BCUT2D eigenvalue weighted by molar-refractivity contribution is 5.51. The van der Waals surface area contributed by atoms with Crippen molar-refractivity contribution in [3.05, 3.63) is 24.3 Å². The summed E-state index contributed by atoms with van der Waals surface area (Å²) in [7, 11) is 0. The van der Waals surface area contributed by atoms with Crippen molar-refractivity contribution in [2.24, 2.45) is 0 Å². The lowest BCUT2D eigenvalue weighted by atomic mass is 10.3. The summed E-state index contributed by atoms with van der Waals surface area (Å²) in [5, 5.41) is 8.50. The predicted molar refractivity (Wildman–Crippen MR) is 86.7 cm³/mol. The van der Waals surface area contributed by atoms with Gasteiger partial charge in [-0.05, 0) is 12.1 Å². The average molecular weight is 329 g/mol. The third-order valence-electron chi connectivity index (χ3n) is 2.76. The van der Waals surface area contributed by atoms with Crippen molar-refractivity contribution in [1.82, 2.24) is 0 Å². The minimum absolute atomic E-state index is 0.0346. The van der Waals surface area contributed by atoms with Crippen molar-refractivity contribution >= 4 is 5.69 Å². The Morgan fingerprint density at radius 3 is 1.70 bits per heavy atom. The molecule has 23 heavy (non-hydrogen) atoms. The van der Waals surface area contributed by atoms with Gasteiger partial charge in [0.1, 0.15) is 12.4 Å². The van der Waals surface area contributed by atoms with Gasteiger partial charge in [0.15, 0.2) is 0 Å². The molecule has 7 nitrogen and oxygen atoms in total. The molecule has 0 aromatic heterocycles. The maximum Gasteiger partial charge on any atom is 0.142 e. The van der Waals surface area contributed by atoms with Crippen LogP contribution in [0.2, 0.25) is 0 Å². The number of aliphatic hydroxyl groups is 1. The number of hydrogen-bond acceptors (Lipinski definition) is 7. The molecule has 0 fully saturated rings. The lowest BCUT2D eigenvalue weighted by molar-refractivity contribution is -0.00777. The number of nitrogens with two attached hydrogens (primary N) is 1. The summed E-state index contributed by atoms with van der Waals surface area (Å²) in [5.41, 5.74) is 6.38. The van der Waals surface area contributed by atoms with Gasteiger partial charge in [-0.1, -0.05) is 12.1 Å². The van der Waals surface area contributed by atoms with Gasteiger partial charge in [0.25, 0.3) is 0 Å². The molecule has 1 rings (SSSR count). The lowest BCUT2D eigenvalue weighted by Crippen LogP contribution is -2.14. The second kappa shape index (κ2) is 14.2. The summed E-state index contributed by atoms with van der Waals surface area (Å²) in [4.78, 5) is 0. The molecule has 0 amide bonds. The Hall–Kier alpha value is -1.38. The van der Waals surface area contributed by atoms with Crippen molar-refractivity contribution < 1.29 is 28.8 Å². The van der Waals surface area contributed by atoms with Crippen LogP contribution < -0.4 is 10.5 Å². The average Bonchev–Trinajstić information content (AvgIpc) is 2.57. The zero-order valence-electron chi connectivity index (χ0n) is 13.4. The first kappa shape index (κ1) is 19.7. The second-order valence-corrected chi connectivity index (χ2v) is 4.56. The van der Waals surface area contributed by atoms with Gasteiger partial charge in [-0.2, -0.15) is 0 Å². The molecule has 7 heteroatoms. The molecule has 1 aromatic rings. The van der Waals surface area contributed by atoms with E-state index >= 15 is 0 Å². The molecule has 0 saturated heterocycles. The first-order chi connectivity index (χ1) is 11.3. The van der Waals surface area contributed by atoms with Gasteiger partial charge >= 0.3 is 0 Å². The van der Waals surface area contributed by atoms with Crippen LogP contribution in [0.3, 0.4) is 0 Å². The molecule has 0 spiro atoms. The number of rotatable bonds is 15. The van der Waals surface area contributed by atoms with Crippen LogP contribution in [0.1, 0.15) is 0 Å². The Morgan fingerprint density at radius 2 is 1.17 bits per heavy atom. The zero-order valence-corrected chi connectivity index (χ0v) is 13.4. The molecule has 0 saturated carbocycles. The van der Waals surface area contributed by atoms with E-state index in [0.29, 0.717) is 70.9 Å². The summed E-state index contributed by atoms with van der Waals surface area (Å²) in [6, 6.07) is 7.36. The Morgan fingerprint density at radius 1 is 0.696 bits per heavy atom. The third-order valence-corrected chi connectivity index (χ3v) is 2.76. The van der Waals surface area contributed by atoms with Crippen molar-refractivity contribution in [2.45, 2.75) is 0 Å². The summed E-state index contributed by atoms with van der Waals surface area (Å²) in [6.07, 6.45) is 0. The quantitative estimate of drug-likeness (QED) is 0.361. The maximum absolute atomic E-state index is 8.50. The zero-order chi connectivity index (χ0) is 16.6. The topological polar surface area (TPSA) is 92.4 Å². The first-order valence-electron chi connectivity index (χ1n) is 7.73. The fourth-order valence-corrected chi connectivity index (χ4v) is 1.65. The highest BCUT2D eigenvalue weighted by Crippen LogP contribution is 2.19. The maximum atomic E-state index is 8.50. The molecule has 0 radical (unpaired) electrons. The van der Waals surface area contributed by atoms with Gasteiger partial charge in [0.05, 0.1) is 65.1 Å². The van der Waals surface area contributed by atoms with E-state index in [1.54, 1.807) is 6.07 Å². The number of aliphatic hydroxyl groups excluding tert-OH is 1. The number of nitrogen functional groups attached to an aromatic ring is 1. The first-order valence-corrected chi connectivity index (χ1v) is 7.73. The summed E-state index contributed by atoms with van der Waals surface area (Å²) < 4.78 is 26.6. The van der Waals surface area contributed by atoms with Crippen LogP contribution in [0.4, 0.5) is 5.69 Å². The van der Waals surface area contributed by atoms with Gasteiger partial charge in [0.2, 0.25) is 0 Å². The van der Waals surface area contributed by atoms with Crippen LogP contribution in [0.5, 0.6) is 5.75 Å². The molecular formula is C16H27NO6. The number of anilines is 1. The number of para-hydroxylation sites is 2. The van der Waals surface area contributed by atoms with Gasteiger partial charge in [0, 0.05) is 0 Å². The number of hydrogen-bond donors (Lipinski definition) is 2. The lowest BCUT2D eigenvalue weighted by Gasteiger charge is -2.09. The van der Waals surface area contributed by atoms with E-state index in [0.717, 1.165) is 0 Å². The third kappa shape index (κ3) is 10.9. The van der Waals surface area contributed by atoms with E-state index in [-0.39, 0.29) is 6.61 Å². The largest absolute Gasteiger partial charge is 0.489 e. The van der Waals surface area contributed by atoms with Gasteiger partial charge in [-0.3, -0.25) is 0 Å². The van der Waals surface area contributed by atoms with Gasteiger partial charge in [-0.25, -0.2) is 0 Å². The van der Waals surface area contributed by atoms with Crippen LogP contribution in [0.25, 0.3) is 0 Å². The van der Waals surface area contributed by atoms with E-state index in [4.69, 9.17) is 34.5 Å². The molecule has 132 valence electrons. The van der Waals surface area contributed by atoms with Crippen molar-refractivity contribution in [2.75, 3.05) is 71.8 Å². The predicted octanol–water partition coefficient (Wildman–Crippen LogP) is 0.706. The molecule has 0 bridgehead atoms. The molecule has 3 N–H and O–H groups in total. The summed E-state index contributed by atoms with van der Waals surface area (Å²) >= 11 is 0. The highest BCUT2D eigenvalue weighted by Gasteiger charge is 1.98. The molecule has 0 heterocycles. The second-order valence-electron chi connectivity index (χ2n) is 4.56. The molecule has 0 atom stereocenters. The Bertz CT molecular complexity index is 391. The van der Waals surface area contributed by atoms with Crippen molar-refractivity contribution in [3.63, 3.8) is 0 Å². The standard InChI is InChI=1S/C16H27NO6/c17-15-3-1-2-4-16(15)23-14-13-22-12-11-21-10-9-20-8-7-19-6-5-18/h1-4,18H,5-14,17H2. The minimum atomic E-state index is 0.0346. The minimum Gasteiger partial charge on any atom is -0.489 e. The Labute approximate surface area is 137 Å². The number of ether oxygens (including phenoxy) is 5. The number of benzene rings is 1. The van der Waals surface area contributed by atoms with Crippen molar-refractivity contribution in [1.29, 1.82) is 0 Å².